The van der Waals surface area contributed by atoms with Crippen LogP contribution in [0.1, 0.15) is 66.8 Å². The molecular formula is C56H38F6. The van der Waals surface area contributed by atoms with E-state index in [1.165, 1.54) is 24.3 Å². The Hall–Kier alpha value is -7.44. The quantitative estimate of drug-likeness (QED) is 0.0952. The Balaban J connectivity index is 1.02. The maximum Gasteiger partial charge on any atom is 0.416 e. The maximum absolute atomic E-state index is 13.3. The fraction of sp³-hybridized carbons (Fsp3) is 0.0357. The predicted octanol–water partition coefficient (Wildman–Crippen LogP) is 16.4. The van der Waals surface area contributed by atoms with E-state index in [1.807, 2.05) is 133 Å². The standard InChI is InChI=1S/C56H38F6/c57-55(58,59)50-31-27-46(28-32-50)53(44-9-3-1-4-10-44)37-41-20-15-39(16-21-41)19-24-43-35-48-13-7-8-14-52(48)49(36-43)26-25-40-17-22-42(23-18-40)38-54(45-11-5-2-6-12-45)47-29-33-51(34-30-47)56(60,61)62/h1-38H/b24-19+,26-25+,53-37+,54-38+. The average Bonchev–Trinajstić information content (AvgIpc) is 3.29. The fourth-order valence-corrected chi connectivity index (χ4v) is 7.30. The van der Waals surface area contributed by atoms with E-state index in [9.17, 15) is 26.3 Å². The van der Waals surface area contributed by atoms with E-state index in [0.717, 1.165) is 90.7 Å². The summed E-state index contributed by atoms with van der Waals surface area (Å²) in [6, 6.07) is 58.4. The molecule has 0 N–H and O–H groups in total. The predicted molar refractivity (Wildman–Crippen MR) is 244 cm³/mol. The molecule has 0 saturated heterocycles. The Morgan fingerprint density at radius 2 is 0.694 bits per heavy atom. The van der Waals surface area contributed by atoms with Crippen molar-refractivity contribution in [1.29, 1.82) is 0 Å². The summed E-state index contributed by atoms with van der Waals surface area (Å²) in [6.45, 7) is 0. The van der Waals surface area contributed by atoms with Crippen LogP contribution in [0.5, 0.6) is 0 Å². The van der Waals surface area contributed by atoms with E-state index >= 15 is 0 Å². The van der Waals surface area contributed by atoms with E-state index < -0.39 is 23.5 Å². The second-order valence-corrected chi connectivity index (χ2v) is 14.8. The van der Waals surface area contributed by atoms with Crippen LogP contribution in [0.25, 0.3) is 58.4 Å². The largest absolute Gasteiger partial charge is 0.416 e. The second kappa shape index (κ2) is 18.0. The van der Waals surface area contributed by atoms with Crippen LogP contribution in [0.3, 0.4) is 0 Å². The van der Waals surface area contributed by atoms with Crippen LogP contribution in [-0.4, -0.2) is 0 Å². The number of benzene rings is 8. The maximum atomic E-state index is 13.3. The molecule has 0 aliphatic rings. The molecule has 0 saturated carbocycles. The molecule has 0 aliphatic carbocycles. The third-order valence-corrected chi connectivity index (χ3v) is 10.6. The lowest BCUT2D eigenvalue weighted by molar-refractivity contribution is -0.138. The topological polar surface area (TPSA) is 0 Å². The first-order valence-electron chi connectivity index (χ1n) is 19.9. The molecule has 0 fully saturated rings. The van der Waals surface area contributed by atoms with E-state index in [4.69, 9.17) is 0 Å². The van der Waals surface area contributed by atoms with Gasteiger partial charge in [-0.3, -0.25) is 0 Å². The van der Waals surface area contributed by atoms with Gasteiger partial charge in [-0.15, -0.1) is 0 Å². The van der Waals surface area contributed by atoms with Gasteiger partial charge in [0.1, 0.15) is 0 Å². The fourth-order valence-electron chi connectivity index (χ4n) is 7.30. The highest BCUT2D eigenvalue weighted by molar-refractivity contribution is 5.96. The monoisotopic (exact) mass is 824 g/mol. The lowest BCUT2D eigenvalue weighted by atomic mass is 9.94. The molecule has 0 bridgehead atoms. The molecule has 0 heterocycles. The molecule has 8 aromatic rings. The number of hydrogen-bond acceptors (Lipinski definition) is 0. The summed E-state index contributed by atoms with van der Waals surface area (Å²) < 4.78 is 79.8. The molecule has 0 unspecified atom stereocenters. The lowest BCUT2D eigenvalue weighted by Crippen LogP contribution is -2.04. The summed E-state index contributed by atoms with van der Waals surface area (Å²) in [5.41, 5.74) is 9.35. The van der Waals surface area contributed by atoms with Gasteiger partial charge in [0.05, 0.1) is 11.1 Å². The normalized spacial score (nSPS) is 12.7. The molecule has 0 aliphatic heterocycles. The van der Waals surface area contributed by atoms with Gasteiger partial charge in [0.25, 0.3) is 0 Å². The van der Waals surface area contributed by atoms with Crippen molar-refractivity contribution in [1.82, 2.24) is 0 Å². The molecule has 304 valence electrons. The Bertz CT molecular complexity index is 2900. The molecule has 0 nitrogen and oxygen atoms in total. The Labute approximate surface area is 356 Å². The van der Waals surface area contributed by atoms with Crippen molar-refractivity contribution in [3.05, 3.63) is 261 Å². The van der Waals surface area contributed by atoms with Crippen molar-refractivity contribution < 1.29 is 26.3 Å². The summed E-state index contributed by atoms with van der Waals surface area (Å²) in [4.78, 5) is 0. The first-order valence-corrected chi connectivity index (χ1v) is 19.9. The van der Waals surface area contributed by atoms with Crippen molar-refractivity contribution in [3.63, 3.8) is 0 Å². The summed E-state index contributed by atoms with van der Waals surface area (Å²) >= 11 is 0. The van der Waals surface area contributed by atoms with Crippen LogP contribution in [0.2, 0.25) is 0 Å². The van der Waals surface area contributed by atoms with Crippen molar-refractivity contribution in [2.45, 2.75) is 12.4 Å². The van der Waals surface area contributed by atoms with Crippen LogP contribution in [-0.2, 0) is 12.4 Å². The number of hydrogen-bond donors (Lipinski definition) is 0. The zero-order chi connectivity index (χ0) is 43.1. The summed E-state index contributed by atoms with van der Waals surface area (Å²) in [7, 11) is 0. The highest BCUT2D eigenvalue weighted by Gasteiger charge is 2.31. The van der Waals surface area contributed by atoms with Crippen molar-refractivity contribution in [3.8, 4) is 0 Å². The number of fused-ring (bicyclic) bond motifs is 1. The van der Waals surface area contributed by atoms with Crippen LogP contribution >= 0.6 is 0 Å². The van der Waals surface area contributed by atoms with Gasteiger partial charge in [-0.05, 0) is 126 Å². The second-order valence-electron chi connectivity index (χ2n) is 14.8. The molecular weight excluding hydrogens is 787 g/mol. The van der Waals surface area contributed by atoms with Crippen LogP contribution in [0.15, 0.2) is 194 Å². The molecule has 0 aromatic heterocycles. The smallest absolute Gasteiger partial charge is 0.166 e. The minimum Gasteiger partial charge on any atom is -0.166 e. The Kier molecular flexibility index (Phi) is 12.0. The van der Waals surface area contributed by atoms with Gasteiger partial charge >= 0.3 is 12.4 Å². The molecule has 0 radical (unpaired) electrons. The highest BCUT2D eigenvalue weighted by Crippen LogP contribution is 2.34. The molecule has 8 aromatic carbocycles. The van der Waals surface area contributed by atoms with Gasteiger partial charge < -0.3 is 0 Å². The van der Waals surface area contributed by atoms with Gasteiger partial charge in [0.15, 0.2) is 0 Å². The van der Waals surface area contributed by atoms with E-state index in [1.54, 1.807) is 0 Å². The van der Waals surface area contributed by atoms with Crippen molar-refractivity contribution >= 4 is 58.4 Å². The third-order valence-electron chi connectivity index (χ3n) is 10.6. The van der Waals surface area contributed by atoms with Crippen molar-refractivity contribution in [2.24, 2.45) is 0 Å². The summed E-state index contributed by atoms with van der Waals surface area (Å²) in [5, 5.41) is 2.21. The molecule has 0 atom stereocenters. The molecule has 8 rings (SSSR count). The van der Waals surface area contributed by atoms with Crippen LogP contribution in [0, 0.1) is 0 Å². The lowest BCUT2D eigenvalue weighted by Gasteiger charge is -2.12. The highest BCUT2D eigenvalue weighted by atomic mass is 19.4. The molecule has 6 heteroatoms. The Morgan fingerprint density at radius 1 is 0.323 bits per heavy atom. The van der Waals surface area contributed by atoms with Crippen molar-refractivity contribution in [2.75, 3.05) is 0 Å². The summed E-state index contributed by atoms with van der Waals surface area (Å²) in [5.74, 6) is 0. The number of rotatable bonds is 10. The summed E-state index contributed by atoms with van der Waals surface area (Å²) in [6.07, 6.45) is 3.47. The minimum absolute atomic E-state index is 0.683. The SMILES string of the molecule is FC(F)(F)c1ccc(/C(=C/c2ccc(/C=C/c3cc(/C=C/c4ccc(/C=C(\c5ccccc5)c5ccc(C(F)(F)F)cc5)cc4)c4ccccc4c3)cc2)c2ccccc2)cc1. The average molecular weight is 825 g/mol. The van der Waals surface area contributed by atoms with Gasteiger partial charge in [-0.2, -0.15) is 26.3 Å². The van der Waals surface area contributed by atoms with E-state index in [2.05, 4.69) is 48.6 Å². The zero-order valence-electron chi connectivity index (χ0n) is 33.2. The third kappa shape index (κ3) is 10.1. The molecule has 62 heavy (non-hydrogen) atoms. The van der Waals surface area contributed by atoms with Gasteiger partial charge in [-0.25, -0.2) is 0 Å². The first-order chi connectivity index (χ1) is 30.0. The van der Waals surface area contributed by atoms with E-state index in [-0.39, 0.29) is 0 Å². The zero-order valence-corrected chi connectivity index (χ0v) is 33.2. The molecule has 0 amide bonds. The minimum atomic E-state index is -4.41. The van der Waals surface area contributed by atoms with E-state index in [0.29, 0.717) is 11.1 Å². The molecule has 0 spiro atoms. The number of alkyl halides is 6. The van der Waals surface area contributed by atoms with Gasteiger partial charge in [0, 0.05) is 0 Å². The van der Waals surface area contributed by atoms with Gasteiger partial charge in [-0.1, -0.05) is 182 Å². The first kappa shape index (κ1) is 41.3. The number of halogens is 6. The Morgan fingerprint density at radius 3 is 1.15 bits per heavy atom. The van der Waals surface area contributed by atoms with Crippen LogP contribution in [0.4, 0.5) is 26.3 Å². The van der Waals surface area contributed by atoms with Gasteiger partial charge in [0.2, 0.25) is 0 Å². The van der Waals surface area contributed by atoms with Crippen LogP contribution < -0.4 is 0 Å².